The van der Waals surface area contributed by atoms with E-state index < -0.39 is 0 Å². The molecule has 0 saturated carbocycles. The first kappa shape index (κ1) is 15.5. The van der Waals surface area contributed by atoms with Crippen LogP contribution in [0.2, 0.25) is 0 Å². The summed E-state index contributed by atoms with van der Waals surface area (Å²) in [6, 6.07) is 6.13. The van der Waals surface area contributed by atoms with E-state index in [0.717, 1.165) is 36.4 Å². The minimum Gasteiger partial charge on any atom is -0.493 e. The van der Waals surface area contributed by atoms with Gasteiger partial charge in [0.2, 0.25) is 0 Å². The predicted octanol–water partition coefficient (Wildman–Crippen LogP) is 1.27. The van der Waals surface area contributed by atoms with Crippen LogP contribution in [0.15, 0.2) is 30.9 Å². The lowest BCUT2D eigenvalue weighted by Crippen LogP contribution is -2.85. The van der Waals surface area contributed by atoms with Crippen LogP contribution in [0, 0.1) is 0 Å². The molecule has 1 aromatic carbocycles. The van der Waals surface area contributed by atoms with E-state index in [1.165, 1.54) is 0 Å². The Morgan fingerprint density at radius 1 is 1.37 bits per heavy atom. The Bertz CT molecular complexity index is 393. The molecule has 0 amide bonds. The lowest BCUT2D eigenvalue weighted by Gasteiger charge is -2.18. The van der Waals surface area contributed by atoms with Gasteiger partial charge in [-0.1, -0.05) is 12.1 Å². The van der Waals surface area contributed by atoms with Crippen molar-refractivity contribution in [2.75, 3.05) is 27.4 Å². The number of benzene rings is 1. The monoisotopic (exact) mass is 266 g/mol. The quantitative estimate of drug-likeness (QED) is 0.523. The van der Waals surface area contributed by atoms with Crippen LogP contribution in [0.5, 0.6) is 11.5 Å². The van der Waals surface area contributed by atoms with Crippen molar-refractivity contribution >= 4 is 0 Å². The minimum absolute atomic E-state index is 0.215. The Hall–Kier alpha value is -1.52. The van der Waals surface area contributed by atoms with Gasteiger partial charge in [0.05, 0.1) is 26.3 Å². The molecule has 3 N–H and O–H groups in total. The van der Waals surface area contributed by atoms with Crippen LogP contribution in [-0.4, -0.2) is 32.5 Å². The fourth-order valence-corrected chi connectivity index (χ4v) is 2.14. The molecule has 1 aromatic rings. The standard InChI is InChI=1S/C15H23NO3/c1-4-7-13(16-10-6-11-17)12-8-5-9-14(18-2)15(12)19-3/h4-5,8-9,13,16-17H,1,6-7,10-11H2,2-3H3/p+1/t13-/m1/s1. The summed E-state index contributed by atoms with van der Waals surface area (Å²) in [6.45, 7) is 4.90. The number of aliphatic hydroxyl groups excluding tert-OH is 1. The van der Waals surface area contributed by atoms with Crippen molar-refractivity contribution in [3.8, 4) is 11.5 Å². The lowest BCUT2D eigenvalue weighted by atomic mass is 10.0. The number of hydrogen-bond acceptors (Lipinski definition) is 3. The zero-order chi connectivity index (χ0) is 14.1. The van der Waals surface area contributed by atoms with Gasteiger partial charge in [-0.05, 0) is 12.1 Å². The number of ether oxygens (including phenoxy) is 2. The Balaban J connectivity index is 2.96. The highest BCUT2D eigenvalue weighted by Gasteiger charge is 2.20. The van der Waals surface area contributed by atoms with Gasteiger partial charge in [-0.2, -0.15) is 0 Å². The van der Waals surface area contributed by atoms with Crippen LogP contribution >= 0.6 is 0 Å². The van der Waals surface area contributed by atoms with Gasteiger partial charge in [-0.25, -0.2) is 0 Å². The molecule has 4 heteroatoms. The Morgan fingerprint density at radius 3 is 2.74 bits per heavy atom. The zero-order valence-corrected chi connectivity index (χ0v) is 11.8. The summed E-state index contributed by atoms with van der Waals surface area (Å²) >= 11 is 0. The number of hydrogen-bond donors (Lipinski definition) is 2. The van der Waals surface area contributed by atoms with Crippen molar-refractivity contribution < 1.29 is 19.9 Å². The summed E-state index contributed by atoms with van der Waals surface area (Å²) in [5.41, 5.74) is 1.10. The zero-order valence-electron chi connectivity index (χ0n) is 11.8. The van der Waals surface area contributed by atoms with Gasteiger partial charge in [-0.15, -0.1) is 6.58 Å². The summed E-state index contributed by atoms with van der Waals surface area (Å²) in [5, 5.41) is 11.1. The largest absolute Gasteiger partial charge is 0.493 e. The van der Waals surface area contributed by atoms with Crippen LogP contribution in [0.1, 0.15) is 24.4 Å². The van der Waals surface area contributed by atoms with E-state index in [1.807, 2.05) is 24.3 Å². The SMILES string of the molecule is C=CC[C@@H]([NH2+]CCCO)c1cccc(OC)c1OC. The van der Waals surface area contributed by atoms with Gasteiger partial charge in [0.1, 0.15) is 6.04 Å². The first-order chi connectivity index (χ1) is 9.28. The van der Waals surface area contributed by atoms with E-state index in [0.29, 0.717) is 0 Å². The molecule has 0 fully saturated rings. The molecule has 0 spiro atoms. The third-order valence-corrected chi connectivity index (χ3v) is 3.07. The fourth-order valence-electron chi connectivity index (χ4n) is 2.14. The van der Waals surface area contributed by atoms with Crippen LogP contribution in [0.25, 0.3) is 0 Å². The molecular weight excluding hydrogens is 242 g/mol. The summed E-state index contributed by atoms with van der Waals surface area (Å²) in [7, 11) is 3.29. The maximum Gasteiger partial charge on any atom is 0.169 e. The Kier molecular flexibility index (Phi) is 7.00. The predicted molar refractivity (Wildman–Crippen MR) is 75.6 cm³/mol. The van der Waals surface area contributed by atoms with Gasteiger partial charge in [0, 0.05) is 19.4 Å². The molecule has 0 bridgehead atoms. The highest BCUT2D eigenvalue weighted by atomic mass is 16.5. The molecule has 1 rings (SSSR count). The van der Waals surface area contributed by atoms with Crippen molar-refractivity contribution in [2.45, 2.75) is 18.9 Å². The molecule has 0 aliphatic carbocycles. The molecule has 0 aromatic heterocycles. The minimum atomic E-state index is 0.215. The Morgan fingerprint density at radius 2 is 2.16 bits per heavy atom. The second-order valence-corrected chi connectivity index (χ2v) is 4.32. The smallest absolute Gasteiger partial charge is 0.169 e. The Labute approximate surface area is 115 Å². The van der Waals surface area contributed by atoms with Crippen LogP contribution in [-0.2, 0) is 0 Å². The second kappa shape index (κ2) is 8.56. The van der Waals surface area contributed by atoms with Gasteiger partial charge in [0.25, 0.3) is 0 Å². The van der Waals surface area contributed by atoms with E-state index in [1.54, 1.807) is 14.2 Å². The normalized spacial score (nSPS) is 11.9. The topological polar surface area (TPSA) is 55.3 Å². The van der Waals surface area contributed by atoms with Crippen LogP contribution in [0.4, 0.5) is 0 Å². The van der Waals surface area contributed by atoms with Crippen molar-refractivity contribution in [2.24, 2.45) is 0 Å². The first-order valence-electron chi connectivity index (χ1n) is 6.54. The molecule has 19 heavy (non-hydrogen) atoms. The highest BCUT2D eigenvalue weighted by molar-refractivity contribution is 5.47. The third kappa shape index (κ3) is 4.26. The van der Waals surface area contributed by atoms with E-state index in [4.69, 9.17) is 14.6 Å². The second-order valence-electron chi connectivity index (χ2n) is 4.32. The molecule has 0 saturated heterocycles. The van der Waals surface area contributed by atoms with Crippen molar-refractivity contribution in [3.05, 3.63) is 36.4 Å². The van der Waals surface area contributed by atoms with Gasteiger partial charge >= 0.3 is 0 Å². The number of methoxy groups -OCH3 is 2. The van der Waals surface area contributed by atoms with Gasteiger partial charge < -0.3 is 19.9 Å². The summed E-state index contributed by atoms with van der Waals surface area (Å²) in [5.74, 6) is 1.52. The molecule has 0 heterocycles. The van der Waals surface area contributed by atoms with E-state index in [2.05, 4.69) is 11.9 Å². The average Bonchev–Trinajstić information content (AvgIpc) is 2.45. The van der Waals surface area contributed by atoms with Gasteiger partial charge in [-0.3, -0.25) is 0 Å². The maximum absolute atomic E-state index is 8.88. The first-order valence-corrected chi connectivity index (χ1v) is 6.54. The number of rotatable bonds is 9. The molecule has 4 nitrogen and oxygen atoms in total. The molecule has 0 radical (unpaired) electrons. The molecule has 0 unspecified atom stereocenters. The molecular formula is C15H24NO3+. The summed E-state index contributed by atoms with van der Waals surface area (Å²) < 4.78 is 10.8. The van der Waals surface area contributed by atoms with E-state index >= 15 is 0 Å². The van der Waals surface area contributed by atoms with Crippen LogP contribution < -0.4 is 14.8 Å². The number of nitrogens with two attached hydrogens (primary N) is 1. The molecule has 1 atom stereocenters. The number of para-hydroxylation sites is 1. The van der Waals surface area contributed by atoms with Gasteiger partial charge in [0.15, 0.2) is 11.5 Å². The number of quaternary nitrogens is 1. The van der Waals surface area contributed by atoms with E-state index in [-0.39, 0.29) is 12.6 Å². The van der Waals surface area contributed by atoms with Crippen molar-refractivity contribution in [1.82, 2.24) is 0 Å². The van der Waals surface area contributed by atoms with Crippen molar-refractivity contribution in [1.29, 1.82) is 0 Å². The fraction of sp³-hybridized carbons (Fsp3) is 0.467. The third-order valence-electron chi connectivity index (χ3n) is 3.07. The van der Waals surface area contributed by atoms with E-state index in [9.17, 15) is 0 Å². The summed E-state index contributed by atoms with van der Waals surface area (Å²) in [4.78, 5) is 0. The molecule has 106 valence electrons. The van der Waals surface area contributed by atoms with Crippen LogP contribution in [0.3, 0.4) is 0 Å². The highest BCUT2D eigenvalue weighted by Crippen LogP contribution is 2.34. The maximum atomic E-state index is 8.88. The summed E-state index contributed by atoms with van der Waals surface area (Å²) in [6.07, 6.45) is 3.52. The molecule has 0 aliphatic heterocycles. The number of aliphatic hydroxyl groups is 1. The molecule has 0 aliphatic rings. The average molecular weight is 266 g/mol. The lowest BCUT2D eigenvalue weighted by molar-refractivity contribution is -0.695. The van der Waals surface area contributed by atoms with Crippen molar-refractivity contribution in [3.63, 3.8) is 0 Å².